The van der Waals surface area contributed by atoms with Crippen molar-refractivity contribution >= 4 is 45.9 Å². The molecule has 0 saturated heterocycles. The minimum absolute atomic E-state index is 0.443. The van der Waals surface area contributed by atoms with Gasteiger partial charge in [0.1, 0.15) is 5.70 Å². The lowest BCUT2D eigenvalue weighted by Crippen LogP contribution is -2.24. The van der Waals surface area contributed by atoms with E-state index < -0.39 is 10.7 Å². The van der Waals surface area contributed by atoms with Gasteiger partial charge in [-0.3, -0.25) is 19.9 Å². The molecule has 1 N–H and O–H groups in total. The SMILES string of the molecule is C=C1C(/C=N\N(C)Cc2cccc3[nH]ncc23)=C(C=O)N(C)N=S1Cn1cnc(CSc2ccccc2)c1. The molecule has 38 heavy (non-hydrogen) atoms. The van der Waals surface area contributed by atoms with Crippen LogP contribution in [0.2, 0.25) is 0 Å². The zero-order chi connectivity index (χ0) is 26.5. The van der Waals surface area contributed by atoms with Gasteiger partial charge in [0, 0.05) is 46.8 Å². The molecule has 0 aliphatic carbocycles. The summed E-state index contributed by atoms with van der Waals surface area (Å²) < 4.78 is 6.75. The summed E-state index contributed by atoms with van der Waals surface area (Å²) in [5, 5.41) is 16.3. The molecule has 0 bridgehead atoms. The molecule has 0 fully saturated rings. The summed E-state index contributed by atoms with van der Waals surface area (Å²) in [7, 11) is 3.10. The number of benzene rings is 2. The Kier molecular flexibility index (Phi) is 7.85. The molecule has 0 spiro atoms. The molecule has 0 radical (unpaired) electrons. The Hall–Kier alpha value is -3.96. The number of thioether (sulfide) groups is 1. The summed E-state index contributed by atoms with van der Waals surface area (Å²) in [6.45, 7) is 4.89. The number of fused-ring (bicyclic) bond motifs is 1. The van der Waals surface area contributed by atoms with Crippen molar-refractivity contribution in [2.24, 2.45) is 9.57 Å². The van der Waals surface area contributed by atoms with E-state index >= 15 is 0 Å². The van der Waals surface area contributed by atoms with Gasteiger partial charge < -0.3 is 4.57 Å². The van der Waals surface area contributed by atoms with Crippen LogP contribution in [0.15, 0.2) is 104 Å². The molecular weight excluding hydrogens is 516 g/mol. The number of aromatic nitrogens is 4. The van der Waals surface area contributed by atoms with Crippen LogP contribution in [0, 0.1) is 0 Å². The van der Waals surface area contributed by atoms with Crippen LogP contribution < -0.4 is 0 Å². The van der Waals surface area contributed by atoms with Gasteiger partial charge >= 0.3 is 0 Å². The number of hydrazone groups is 1. The Morgan fingerprint density at radius 2 is 2.05 bits per heavy atom. The highest BCUT2D eigenvalue weighted by Gasteiger charge is 2.22. The average molecular weight is 545 g/mol. The van der Waals surface area contributed by atoms with Gasteiger partial charge in [-0.05, 0) is 34.5 Å². The first-order valence-electron chi connectivity index (χ1n) is 11.9. The van der Waals surface area contributed by atoms with Crippen molar-refractivity contribution < 1.29 is 4.79 Å². The standard InChI is InChI=1S/C27H28N8OS2/c1-20-24(13-30-33(2)14-21-8-7-11-26-25(21)12-29-31-26)27(16-36)34(3)32-38(20)19-35-15-22(28-18-35)17-37-23-9-5-4-6-10-23/h4-13,15-16,18H,1,14,17,19H2,2-3H3,(H,29,31)/b30-13-. The first-order valence-corrected chi connectivity index (χ1v) is 14.2. The smallest absolute Gasteiger partial charge is 0.168 e. The molecule has 1 atom stereocenters. The summed E-state index contributed by atoms with van der Waals surface area (Å²) >= 11 is 1.75. The number of carbonyl (C=O) groups is 1. The minimum atomic E-state index is -0.582. The van der Waals surface area contributed by atoms with Gasteiger partial charge in [0.2, 0.25) is 0 Å². The zero-order valence-corrected chi connectivity index (χ0v) is 22.8. The maximum Gasteiger partial charge on any atom is 0.168 e. The molecule has 0 amide bonds. The molecule has 1 unspecified atom stereocenters. The van der Waals surface area contributed by atoms with E-state index in [-0.39, 0.29) is 0 Å². The molecule has 0 saturated carbocycles. The molecular formula is C27H28N8OS2. The van der Waals surface area contributed by atoms with Crippen LogP contribution in [0.3, 0.4) is 0 Å². The van der Waals surface area contributed by atoms with Crippen LogP contribution in [0.5, 0.6) is 0 Å². The number of allylic oxidation sites excluding steroid dienone is 2. The van der Waals surface area contributed by atoms with E-state index in [9.17, 15) is 4.79 Å². The Labute approximate surface area is 228 Å². The first-order chi connectivity index (χ1) is 18.5. The molecule has 2 aromatic heterocycles. The third-order valence-corrected chi connectivity index (χ3v) is 8.81. The molecule has 2 aromatic carbocycles. The third kappa shape index (κ3) is 5.79. The van der Waals surface area contributed by atoms with Crippen LogP contribution in [-0.2, 0) is 33.7 Å². The lowest BCUT2D eigenvalue weighted by atomic mass is 10.1. The summed E-state index contributed by atoms with van der Waals surface area (Å²) in [4.78, 5) is 18.5. The third-order valence-electron chi connectivity index (χ3n) is 5.99. The highest BCUT2D eigenvalue weighted by atomic mass is 32.2. The van der Waals surface area contributed by atoms with Gasteiger partial charge in [0.25, 0.3) is 0 Å². The minimum Gasteiger partial charge on any atom is -0.326 e. The van der Waals surface area contributed by atoms with E-state index in [0.29, 0.717) is 23.7 Å². The van der Waals surface area contributed by atoms with Crippen molar-refractivity contribution in [2.75, 3.05) is 14.1 Å². The maximum atomic E-state index is 11.9. The molecule has 1 aliphatic rings. The van der Waals surface area contributed by atoms with Crippen molar-refractivity contribution in [3.63, 3.8) is 0 Å². The first kappa shape index (κ1) is 25.7. The average Bonchev–Trinajstić information content (AvgIpc) is 3.59. The lowest BCUT2D eigenvalue weighted by molar-refractivity contribution is -0.106. The number of nitrogens with zero attached hydrogens (tertiary/aromatic N) is 7. The quantitative estimate of drug-likeness (QED) is 0.134. The van der Waals surface area contributed by atoms with Crippen molar-refractivity contribution in [1.29, 1.82) is 0 Å². The number of H-pyrrole nitrogens is 1. The Balaban J connectivity index is 1.27. The number of likely N-dealkylation sites (N-methyl/N-ethyl adjacent to an activating group) is 1. The van der Waals surface area contributed by atoms with E-state index in [4.69, 9.17) is 4.47 Å². The van der Waals surface area contributed by atoms with Crippen LogP contribution in [0.25, 0.3) is 10.9 Å². The number of hydrogen-bond acceptors (Lipinski definition) is 8. The number of aldehydes is 1. The van der Waals surface area contributed by atoms with Gasteiger partial charge in [0.15, 0.2) is 6.29 Å². The highest BCUT2D eigenvalue weighted by Crippen LogP contribution is 2.27. The normalized spacial score (nSPS) is 15.9. The molecule has 3 heterocycles. The number of carbonyl (C=O) groups excluding carboxylic acids is 1. The summed E-state index contributed by atoms with van der Waals surface area (Å²) in [6.07, 6.45) is 8.21. The Morgan fingerprint density at radius 1 is 1.21 bits per heavy atom. The van der Waals surface area contributed by atoms with E-state index in [1.165, 1.54) is 4.90 Å². The second-order valence-electron chi connectivity index (χ2n) is 8.73. The second kappa shape index (κ2) is 11.6. The Morgan fingerprint density at radius 3 is 2.87 bits per heavy atom. The molecule has 5 rings (SSSR count). The summed E-state index contributed by atoms with van der Waals surface area (Å²) in [5.74, 6) is 1.38. The number of imidazole rings is 1. The Bertz CT molecular complexity index is 1550. The lowest BCUT2D eigenvalue weighted by Gasteiger charge is -2.26. The van der Waals surface area contributed by atoms with Crippen molar-refractivity contribution in [1.82, 2.24) is 29.8 Å². The van der Waals surface area contributed by atoms with Gasteiger partial charge in [-0.1, -0.05) is 36.9 Å². The van der Waals surface area contributed by atoms with Crippen molar-refractivity contribution in [3.05, 3.63) is 101 Å². The van der Waals surface area contributed by atoms with Gasteiger partial charge in [-0.15, -0.1) is 16.2 Å². The largest absolute Gasteiger partial charge is 0.326 e. The maximum absolute atomic E-state index is 11.9. The van der Waals surface area contributed by atoms with E-state index in [0.717, 1.165) is 39.1 Å². The highest BCUT2D eigenvalue weighted by molar-refractivity contribution is 7.98. The second-order valence-corrected chi connectivity index (χ2v) is 11.4. The van der Waals surface area contributed by atoms with Gasteiger partial charge in [0.05, 0.1) is 42.4 Å². The number of hydrogen-bond donors (Lipinski definition) is 1. The van der Waals surface area contributed by atoms with Crippen molar-refractivity contribution in [3.8, 4) is 0 Å². The summed E-state index contributed by atoms with van der Waals surface area (Å²) in [6, 6.07) is 16.3. The predicted molar refractivity (Wildman–Crippen MR) is 154 cm³/mol. The van der Waals surface area contributed by atoms with Gasteiger partial charge in [-0.2, -0.15) is 10.2 Å². The molecule has 1 aliphatic heterocycles. The molecule has 194 valence electrons. The fraction of sp³-hybridized carbons (Fsp3) is 0.185. The molecule has 9 nitrogen and oxygen atoms in total. The predicted octanol–water partition coefficient (Wildman–Crippen LogP) is 4.76. The molecule has 4 aromatic rings. The van der Waals surface area contributed by atoms with Crippen LogP contribution >= 0.6 is 11.8 Å². The van der Waals surface area contributed by atoms with E-state index in [1.807, 2.05) is 65.7 Å². The monoisotopic (exact) mass is 544 g/mol. The number of aromatic amines is 1. The van der Waals surface area contributed by atoms with Crippen LogP contribution in [0.4, 0.5) is 0 Å². The van der Waals surface area contributed by atoms with Gasteiger partial charge in [-0.25, -0.2) is 4.98 Å². The number of rotatable bonds is 10. The van der Waals surface area contributed by atoms with Crippen LogP contribution in [-0.4, -0.2) is 56.4 Å². The fourth-order valence-electron chi connectivity index (χ4n) is 4.04. The van der Waals surface area contributed by atoms with E-state index in [1.54, 1.807) is 30.0 Å². The fourth-order valence-corrected chi connectivity index (χ4v) is 6.38. The van der Waals surface area contributed by atoms with E-state index in [2.05, 4.69) is 45.1 Å². The molecule has 11 heteroatoms. The zero-order valence-electron chi connectivity index (χ0n) is 21.2. The number of nitrogens with one attached hydrogen (secondary N) is 1. The summed E-state index contributed by atoms with van der Waals surface area (Å²) in [5.41, 5.74) is 4.22. The topological polar surface area (TPSA) is 94.8 Å². The van der Waals surface area contributed by atoms with Crippen LogP contribution in [0.1, 0.15) is 11.3 Å². The van der Waals surface area contributed by atoms with Crippen molar-refractivity contribution in [2.45, 2.75) is 23.1 Å².